The van der Waals surface area contributed by atoms with Gasteiger partial charge >= 0.3 is 0 Å². The van der Waals surface area contributed by atoms with Crippen LogP contribution in [-0.2, 0) is 0 Å². The molecule has 0 spiro atoms. The van der Waals surface area contributed by atoms with E-state index in [2.05, 4.69) is 12.1 Å². The third-order valence-corrected chi connectivity index (χ3v) is 2.23. The zero-order chi connectivity index (χ0) is 8.55. The van der Waals surface area contributed by atoms with Crippen LogP contribution in [-0.4, -0.2) is 17.1 Å². The van der Waals surface area contributed by atoms with Crippen molar-refractivity contribution >= 4 is 0 Å². The number of rotatable bonds is 1. The summed E-state index contributed by atoms with van der Waals surface area (Å²) in [4.78, 5) is 1.84. The molecule has 0 saturated heterocycles. The highest BCUT2D eigenvalue weighted by molar-refractivity contribution is 5.29. The monoisotopic (exact) mass is 161 g/mol. The van der Waals surface area contributed by atoms with E-state index in [9.17, 15) is 0 Å². The van der Waals surface area contributed by atoms with Gasteiger partial charge in [-0.05, 0) is 5.56 Å². The summed E-state index contributed by atoms with van der Waals surface area (Å²) in [7, 11) is 1.88. The van der Waals surface area contributed by atoms with Crippen LogP contribution in [0, 0.1) is 0 Å². The van der Waals surface area contributed by atoms with Gasteiger partial charge in [-0.3, -0.25) is 0 Å². The second kappa shape index (κ2) is 2.55. The lowest BCUT2D eigenvalue weighted by atomic mass is 10.0. The molecule has 1 aliphatic rings. The molecule has 1 aromatic rings. The lowest BCUT2D eigenvalue weighted by Crippen LogP contribution is -2.31. The van der Waals surface area contributed by atoms with E-state index in [1.54, 1.807) is 0 Å². The molecule has 0 amide bonds. The Balaban J connectivity index is 2.25. The first-order valence-corrected chi connectivity index (χ1v) is 3.97. The Bertz CT molecular complexity index is 305. The smallest absolute Gasteiger partial charge is 0.185 e. The summed E-state index contributed by atoms with van der Waals surface area (Å²) in [6.45, 7) is 0. The highest BCUT2D eigenvalue weighted by atomic mass is 16.3. The number of nitrogens with zero attached hydrogens (tertiary/aromatic N) is 1. The number of likely N-dealkylation sites (N-methyl/N-ethyl adjacent to an activating group) is 1. The Morgan fingerprint density at radius 2 is 1.92 bits per heavy atom. The van der Waals surface area contributed by atoms with Crippen molar-refractivity contribution in [3.63, 3.8) is 0 Å². The molecule has 0 aliphatic carbocycles. The first kappa shape index (κ1) is 7.22. The van der Waals surface area contributed by atoms with Crippen molar-refractivity contribution in [3.05, 3.63) is 47.9 Å². The van der Waals surface area contributed by atoms with E-state index in [1.165, 1.54) is 5.56 Å². The van der Waals surface area contributed by atoms with Crippen LogP contribution in [0.15, 0.2) is 42.3 Å². The molecule has 0 saturated carbocycles. The predicted octanol–water partition coefficient (Wildman–Crippen LogP) is 2.07. The standard InChI is InChI=1S/C10H11NO/c1-11-9(7-10(11)12)8-5-3-2-4-6-8/h2-7,9,12H,1H3. The van der Waals surface area contributed by atoms with E-state index >= 15 is 0 Å². The summed E-state index contributed by atoms with van der Waals surface area (Å²) in [5, 5.41) is 9.14. The topological polar surface area (TPSA) is 23.5 Å². The Morgan fingerprint density at radius 3 is 2.42 bits per heavy atom. The van der Waals surface area contributed by atoms with Crippen molar-refractivity contribution in [2.45, 2.75) is 6.04 Å². The second-order valence-corrected chi connectivity index (χ2v) is 2.99. The molecule has 1 heterocycles. The molecule has 0 bridgehead atoms. The average molecular weight is 161 g/mol. The fourth-order valence-electron chi connectivity index (χ4n) is 1.40. The van der Waals surface area contributed by atoms with Gasteiger partial charge in [0.25, 0.3) is 0 Å². The quantitative estimate of drug-likeness (QED) is 0.681. The minimum absolute atomic E-state index is 0.256. The molecule has 1 unspecified atom stereocenters. The Morgan fingerprint density at radius 1 is 1.25 bits per heavy atom. The fraction of sp³-hybridized carbons (Fsp3) is 0.200. The summed E-state index contributed by atoms with van der Waals surface area (Å²) in [6.07, 6.45) is 1.84. The molecule has 2 nitrogen and oxygen atoms in total. The zero-order valence-corrected chi connectivity index (χ0v) is 6.94. The third kappa shape index (κ3) is 0.961. The van der Waals surface area contributed by atoms with Crippen LogP contribution in [0.2, 0.25) is 0 Å². The molecule has 62 valence electrons. The van der Waals surface area contributed by atoms with Crippen LogP contribution >= 0.6 is 0 Å². The molecule has 0 aromatic heterocycles. The molecule has 12 heavy (non-hydrogen) atoms. The number of hydrogen-bond acceptors (Lipinski definition) is 2. The minimum Gasteiger partial charge on any atom is -0.495 e. The number of benzene rings is 1. The lowest BCUT2D eigenvalue weighted by molar-refractivity contribution is 0.156. The largest absolute Gasteiger partial charge is 0.495 e. The average Bonchev–Trinajstić information content (AvgIpc) is 2.15. The summed E-state index contributed by atoms with van der Waals surface area (Å²) >= 11 is 0. The second-order valence-electron chi connectivity index (χ2n) is 2.99. The van der Waals surface area contributed by atoms with E-state index < -0.39 is 0 Å². The van der Waals surface area contributed by atoms with E-state index in [0.717, 1.165) is 0 Å². The summed E-state index contributed by atoms with van der Waals surface area (Å²) in [5.41, 5.74) is 1.22. The van der Waals surface area contributed by atoms with E-state index in [-0.39, 0.29) is 6.04 Å². The molecule has 1 N–H and O–H groups in total. The van der Waals surface area contributed by atoms with Gasteiger partial charge < -0.3 is 10.0 Å². The van der Waals surface area contributed by atoms with Crippen molar-refractivity contribution < 1.29 is 5.11 Å². The van der Waals surface area contributed by atoms with Gasteiger partial charge in [0, 0.05) is 13.1 Å². The molecule has 1 aliphatic heterocycles. The normalized spacial score (nSPS) is 21.6. The first-order chi connectivity index (χ1) is 5.79. The van der Waals surface area contributed by atoms with E-state index in [1.807, 2.05) is 36.2 Å². The molecule has 2 rings (SSSR count). The van der Waals surface area contributed by atoms with Crippen LogP contribution < -0.4 is 0 Å². The van der Waals surface area contributed by atoms with Crippen LogP contribution in [0.4, 0.5) is 0 Å². The maximum atomic E-state index is 9.14. The van der Waals surface area contributed by atoms with Gasteiger partial charge in [0.05, 0.1) is 6.04 Å². The van der Waals surface area contributed by atoms with E-state index in [0.29, 0.717) is 5.88 Å². The van der Waals surface area contributed by atoms with Crippen LogP contribution in [0.5, 0.6) is 0 Å². The van der Waals surface area contributed by atoms with Crippen molar-refractivity contribution in [1.29, 1.82) is 0 Å². The maximum Gasteiger partial charge on any atom is 0.185 e. The molecular weight excluding hydrogens is 150 g/mol. The molecule has 1 atom stereocenters. The SMILES string of the molecule is CN1C(O)=CC1c1ccccc1. The third-order valence-electron chi connectivity index (χ3n) is 2.23. The fourth-order valence-corrected chi connectivity index (χ4v) is 1.40. The highest BCUT2D eigenvalue weighted by Crippen LogP contribution is 2.31. The Kier molecular flexibility index (Phi) is 1.54. The van der Waals surface area contributed by atoms with Gasteiger partial charge in [-0.2, -0.15) is 0 Å². The van der Waals surface area contributed by atoms with Crippen molar-refractivity contribution in [1.82, 2.24) is 4.90 Å². The highest BCUT2D eigenvalue weighted by Gasteiger charge is 2.25. The molecule has 2 heteroatoms. The lowest BCUT2D eigenvalue weighted by Gasteiger charge is -2.35. The summed E-state index contributed by atoms with van der Waals surface area (Å²) < 4.78 is 0. The van der Waals surface area contributed by atoms with Gasteiger partial charge in [0.2, 0.25) is 0 Å². The van der Waals surface area contributed by atoms with Crippen molar-refractivity contribution in [2.75, 3.05) is 7.05 Å². The minimum atomic E-state index is 0.256. The zero-order valence-electron chi connectivity index (χ0n) is 6.94. The summed E-state index contributed by atoms with van der Waals surface area (Å²) in [6, 6.07) is 10.4. The number of aliphatic hydroxyl groups excluding tert-OH is 1. The molecule has 0 radical (unpaired) electrons. The van der Waals surface area contributed by atoms with Gasteiger partial charge in [-0.1, -0.05) is 30.3 Å². The first-order valence-electron chi connectivity index (χ1n) is 3.97. The van der Waals surface area contributed by atoms with Crippen molar-refractivity contribution in [3.8, 4) is 0 Å². The van der Waals surface area contributed by atoms with Gasteiger partial charge in [-0.15, -0.1) is 0 Å². The van der Waals surface area contributed by atoms with Crippen LogP contribution in [0.25, 0.3) is 0 Å². The van der Waals surface area contributed by atoms with Gasteiger partial charge in [0.1, 0.15) is 0 Å². The van der Waals surface area contributed by atoms with Gasteiger partial charge in [0.15, 0.2) is 5.88 Å². The molecular formula is C10H11NO. The summed E-state index contributed by atoms with van der Waals surface area (Å²) in [5.74, 6) is 0.365. The van der Waals surface area contributed by atoms with Crippen LogP contribution in [0.1, 0.15) is 11.6 Å². The van der Waals surface area contributed by atoms with Crippen LogP contribution in [0.3, 0.4) is 0 Å². The van der Waals surface area contributed by atoms with E-state index in [4.69, 9.17) is 5.11 Å². The molecule has 0 fully saturated rings. The Hall–Kier alpha value is -1.44. The Labute approximate surface area is 71.7 Å². The van der Waals surface area contributed by atoms with Crippen molar-refractivity contribution in [2.24, 2.45) is 0 Å². The van der Waals surface area contributed by atoms with Gasteiger partial charge in [-0.25, -0.2) is 0 Å². The maximum absolute atomic E-state index is 9.14. The predicted molar refractivity (Wildman–Crippen MR) is 47.7 cm³/mol. The number of aliphatic hydroxyl groups is 1. The number of hydrogen-bond donors (Lipinski definition) is 1. The molecule has 1 aromatic carbocycles.